The molecule has 0 spiro atoms. The van der Waals surface area contributed by atoms with Gasteiger partial charge in [-0.25, -0.2) is 4.98 Å². The van der Waals surface area contributed by atoms with Crippen LogP contribution < -0.4 is 5.56 Å². The highest BCUT2D eigenvalue weighted by Gasteiger charge is 2.29. The predicted octanol–water partition coefficient (Wildman–Crippen LogP) is 3.49. The Labute approximate surface area is 196 Å². The van der Waals surface area contributed by atoms with E-state index in [9.17, 15) is 9.59 Å². The lowest BCUT2D eigenvalue weighted by Crippen LogP contribution is -2.50. The zero-order valence-electron chi connectivity index (χ0n) is 19.8. The number of hydrogen-bond acceptors (Lipinski definition) is 5. The molecule has 0 saturated carbocycles. The topological polar surface area (TPSA) is 58.4 Å². The van der Waals surface area contributed by atoms with Crippen molar-refractivity contribution < 1.29 is 4.79 Å². The Morgan fingerprint density at radius 3 is 2.44 bits per heavy atom. The fraction of sp³-hybridized carbons (Fsp3) is 0.560. The van der Waals surface area contributed by atoms with Gasteiger partial charge in [0.1, 0.15) is 0 Å². The summed E-state index contributed by atoms with van der Waals surface area (Å²) < 4.78 is 1.62. The molecule has 1 aliphatic heterocycles. The van der Waals surface area contributed by atoms with Crippen LogP contribution in [0.1, 0.15) is 49.9 Å². The molecule has 1 fully saturated rings. The Hall–Kier alpha value is -2.12. The van der Waals surface area contributed by atoms with Crippen LogP contribution in [-0.2, 0) is 18.3 Å². The number of thioether (sulfide) groups is 1. The monoisotopic (exact) mass is 456 g/mol. The third kappa shape index (κ3) is 6.01. The Kier molecular flexibility index (Phi) is 8.93. The van der Waals surface area contributed by atoms with Crippen LogP contribution in [0.3, 0.4) is 0 Å². The van der Waals surface area contributed by atoms with Gasteiger partial charge in [0.2, 0.25) is 5.91 Å². The van der Waals surface area contributed by atoms with E-state index in [2.05, 4.69) is 18.7 Å². The van der Waals surface area contributed by atoms with Gasteiger partial charge < -0.3 is 9.80 Å². The van der Waals surface area contributed by atoms with E-state index in [4.69, 9.17) is 4.98 Å². The molecule has 3 rings (SSSR count). The van der Waals surface area contributed by atoms with Gasteiger partial charge in [0.05, 0.1) is 5.25 Å². The molecule has 1 aromatic carbocycles. The number of carbonyl (C=O) groups is 1. The van der Waals surface area contributed by atoms with Crippen molar-refractivity contribution in [1.29, 1.82) is 0 Å². The zero-order valence-corrected chi connectivity index (χ0v) is 20.7. The standard InChI is InChI=1S/C25H36N4O2S/c1-5-7-13-22(24(31)29-16-14-28(6-2)15-17-29)32-25-26-19(3)21(23(30)27(25)4)18-20-11-9-8-10-12-20/h8-12,22H,5-7,13-18H2,1-4H3. The Morgan fingerprint density at radius 1 is 1.12 bits per heavy atom. The number of carbonyl (C=O) groups excluding carboxylic acids is 1. The zero-order chi connectivity index (χ0) is 23.1. The van der Waals surface area contributed by atoms with Gasteiger partial charge in [-0.1, -0.05) is 68.8 Å². The summed E-state index contributed by atoms with van der Waals surface area (Å²) in [6.07, 6.45) is 3.39. The van der Waals surface area contributed by atoms with Crippen molar-refractivity contribution in [3.63, 3.8) is 0 Å². The number of hydrogen-bond donors (Lipinski definition) is 0. The number of benzene rings is 1. The second-order valence-corrected chi connectivity index (χ2v) is 9.66. The molecule has 1 unspecified atom stereocenters. The third-order valence-corrected chi connectivity index (χ3v) is 7.55. The summed E-state index contributed by atoms with van der Waals surface area (Å²) in [6.45, 7) is 10.6. The number of piperazine rings is 1. The maximum absolute atomic E-state index is 13.4. The Balaban J connectivity index is 1.80. The first kappa shape index (κ1) is 24.5. The summed E-state index contributed by atoms with van der Waals surface area (Å²) in [5.41, 5.74) is 2.53. The van der Waals surface area contributed by atoms with E-state index in [1.807, 2.05) is 42.2 Å². The number of aryl methyl sites for hydroxylation is 1. The number of rotatable bonds is 9. The lowest BCUT2D eigenvalue weighted by molar-refractivity contribution is -0.132. The lowest BCUT2D eigenvalue weighted by Gasteiger charge is -2.35. The molecule has 1 atom stereocenters. The lowest BCUT2D eigenvalue weighted by atomic mass is 10.1. The van der Waals surface area contributed by atoms with Gasteiger partial charge in [-0.3, -0.25) is 14.2 Å². The smallest absolute Gasteiger partial charge is 0.257 e. The molecule has 6 nitrogen and oxygen atoms in total. The van der Waals surface area contributed by atoms with Crippen LogP contribution in [0.5, 0.6) is 0 Å². The summed E-state index contributed by atoms with van der Waals surface area (Å²) in [5, 5.41) is 0.423. The molecule has 2 heterocycles. The van der Waals surface area contributed by atoms with E-state index in [0.717, 1.165) is 68.8 Å². The quantitative estimate of drug-likeness (QED) is 0.427. The van der Waals surface area contributed by atoms with Gasteiger partial charge in [-0.2, -0.15) is 0 Å². The molecule has 2 aromatic rings. The van der Waals surface area contributed by atoms with E-state index >= 15 is 0 Å². The fourth-order valence-corrected chi connectivity index (χ4v) is 5.30. The van der Waals surface area contributed by atoms with Gasteiger partial charge in [0.25, 0.3) is 5.56 Å². The first-order valence-electron chi connectivity index (χ1n) is 11.7. The SMILES string of the molecule is CCCCC(Sc1nc(C)c(Cc2ccccc2)c(=O)n1C)C(=O)N1CCN(CC)CC1. The van der Waals surface area contributed by atoms with Crippen LogP contribution in [0.25, 0.3) is 0 Å². The molecular weight excluding hydrogens is 420 g/mol. The van der Waals surface area contributed by atoms with Crippen molar-refractivity contribution in [2.24, 2.45) is 7.05 Å². The second kappa shape index (κ2) is 11.7. The predicted molar refractivity (Wildman–Crippen MR) is 131 cm³/mol. The molecule has 7 heteroatoms. The van der Waals surface area contributed by atoms with Crippen LogP contribution >= 0.6 is 11.8 Å². The molecule has 0 bridgehead atoms. The number of likely N-dealkylation sites (N-methyl/N-ethyl adjacent to an activating group) is 1. The van der Waals surface area contributed by atoms with E-state index in [0.29, 0.717) is 11.6 Å². The van der Waals surface area contributed by atoms with Crippen molar-refractivity contribution in [3.05, 3.63) is 57.5 Å². The van der Waals surface area contributed by atoms with Crippen molar-refractivity contribution >= 4 is 17.7 Å². The molecule has 32 heavy (non-hydrogen) atoms. The van der Waals surface area contributed by atoms with Crippen LogP contribution in [0.2, 0.25) is 0 Å². The minimum Gasteiger partial charge on any atom is -0.339 e. The van der Waals surface area contributed by atoms with Crippen molar-refractivity contribution in [2.45, 2.75) is 56.9 Å². The number of amides is 1. The minimum absolute atomic E-state index is 0.0258. The van der Waals surface area contributed by atoms with Gasteiger partial charge in [0, 0.05) is 50.9 Å². The molecule has 0 N–H and O–H groups in total. The highest BCUT2D eigenvalue weighted by molar-refractivity contribution is 8.00. The van der Waals surface area contributed by atoms with Crippen molar-refractivity contribution in [2.75, 3.05) is 32.7 Å². The van der Waals surface area contributed by atoms with Crippen LogP contribution in [0, 0.1) is 6.92 Å². The van der Waals surface area contributed by atoms with Gasteiger partial charge >= 0.3 is 0 Å². The van der Waals surface area contributed by atoms with E-state index in [-0.39, 0.29) is 16.7 Å². The van der Waals surface area contributed by atoms with Crippen LogP contribution in [0.4, 0.5) is 0 Å². The molecule has 174 valence electrons. The van der Waals surface area contributed by atoms with Crippen LogP contribution in [0.15, 0.2) is 40.3 Å². The number of nitrogens with zero attached hydrogens (tertiary/aromatic N) is 4. The van der Waals surface area contributed by atoms with Gasteiger partial charge in [-0.15, -0.1) is 0 Å². The second-order valence-electron chi connectivity index (χ2n) is 8.49. The third-order valence-electron chi connectivity index (χ3n) is 6.25. The summed E-state index contributed by atoms with van der Waals surface area (Å²) in [4.78, 5) is 35.7. The molecule has 1 aliphatic rings. The molecule has 1 amide bonds. The first-order valence-corrected chi connectivity index (χ1v) is 12.6. The molecule has 1 saturated heterocycles. The van der Waals surface area contributed by atoms with E-state index in [1.165, 1.54) is 11.8 Å². The van der Waals surface area contributed by atoms with Gasteiger partial charge in [0.15, 0.2) is 5.16 Å². The average molecular weight is 457 g/mol. The van der Waals surface area contributed by atoms with Crippen molar-refractivity contribution in [3.8, 4) is 0 Å². The van der Waals surface area contributed by atoms with Crippen molar-refractivity contribution in [1.82, 2.24) is 19.4 Å². The summed E-state index contributed by atoms with van der Waals surface area (Å²) in [7, 11) is 1.77. The molecule has 0 radical (unpaired) electrons. The Morgan fingerprint density at radius 2 is 1.81 bits per heavy atom. The maximum Gasteiger partial charge on any atom is 0.257 e. The van der Waals surface area contributed by atoms with E-state index in [1.54, 1.807) is 11.6 Å². The number of unbranched alkanes of at least 4 members (excludes halogenated alkanes) is 1. The normalized spacial score (nSPS) is 15.7. The summed E-state index contributed by atoms with van der Waals surface area (Å²) in [6, 6.07) is 9.99. The highest BCUT2D eigenvalue weighted by Crippen LogP contribution is 2.27. The van der Waals surface area contributed by atoms with E-state index < -0.39 is 0 Å². The minimum atomic E-state index is -0.208. The fourth-order valence-electron chi connectivity index (χ4n) is 4.08. The largest absolute Gasteiger partial charge is 0.339 e. The summed E-state index contributed by atoms with van der Waals surface area (Å²) in [5.74, 6) is 0.180. The molecule has 0 aliphatic carbocycles. The average Bonchev–Trinajstić information content (AvgIpc) is 2.82. The molecular formula is C25H36N4O2S. The van der Waals surface area contributed by atoms with Gasteiger partial charge in [-0.05, 0) is 25.5 Å². The summed E-state index contributed by atoms with van der Waals surface area (Å²) >= 11 is 1.45. The highest BCUT2D eigenvalue weighted by atomic mass is 32.2. The number of aromatic nitrogens is 2. The first-order chi connectivity index (χ1) is 15.4. The maximum atomic E-state index is 13.4. The molecule has 1 aromatic heterocycles. The Bertz CT molecular complexity index is 952. The van der Waals surface area contributed by atoms with Crippen LogP contribution in [-0.4, -0.2) is 63.2 Å².